The van der Waals surface area contributed by atoms with E-state index in [1.54, 1.807) is 13.3 Å². The fourth-order valence-electron chi connectivity index (χ4n) is 1.56. The fraction of sp³-hybridized carbons (Fsp3) is 0.636. The zero-order valence-electron chi connectivity index (χ0n) is 10.4. The van der Waals surface area contributed by atoms with Crippen LogP contribution in [0, 0.1) is 6.92 Å². The first-order valence-electron chi connectivity index (χ1n) is 5.44. The van der Waals surface area contributed by atoms with Crippen LogP contribution in [0.4, 0.5) is 11.6 Å². The van der Waals surface area contributed by atoms with Crippen LogP contribution in [0.2, 0.25) is 0 Å². The minimum atomic E-state index is -0.284. The summed E-state index contributed by atoms with van der Waals surface area (Å²) in [5.41, 5.74) is 1.03. The van der Waals surface area contributed by atoms with Crippen LogP contribution in [0.25, 0.3) is 0 Å². The van der Waals surface area contributed by atoms with Crippen molar-refractivity contribution in [3.05, 3.63) is 11.9 Å². The predicted octanol–water partition coefficient (Wildman–Crippen LogP) is 1.03. The molecule has 90 valence electrons. The van der Waals surface area contributed by atoms with Crippen LogP contribution in [0.3, 0.4) is 0 Å². The van der Waals surface area contributed by atoms with Gasteiger partial charge in [0.1, 0.15) is 18.0 Å². The van der Waals surface area contributed by atoms with Crippen LogP contribution in [-0.4, -0.2) is 41.8 Å². The van der Waals surface area contributed by atoms with E-state index >= 15 is 0 Å². The van der Waals surface area contributed by atoms with Gasteiger partial charge in [-0.2, -0.15) is 0 Å². The summed E-state index contributed by atoms with van der Waals surface area (Å²) in [7, 11) is 3.81. The lowest BCUT2D eigenvalue weighted by Gasteiger charge is -2.21. The number of aromatic nitrogens is 2. The summed E-state index contributed by atoms with van der Waals surface area (Å²) in [4.78, 5) is 10.4. The molecule has 0 bridgehead atoms. The van der Waals surface area contributed by atoms with Crippen molar-refractivity contribution in [2.45, 2.75) is 26.4 Å². The summed E-state index contributed by atoms with van der Waals surface area (Å²) in [6.07, 6.45) is 2.00. The zero-order valence-corrected chi connectivity index (χ0v) is 10.4. The summed E-state index contributed by atoms with van der Waals surface area (Å²) >= 11 is 0. The van der Waals surface area contributed by atoms with Gasteiger partial charge < -0.3 is 15.3 Å². The number of anilines is 2. The number of nitrogens with zero attached hydrogens (tertiary/aromatic N) is 3. The fourth-order valence-corrected chi connectivity index (χ4v) is 1.56. The summed E-state index contributed by atoms with van der Waals surface area (Å²) in [5.74, 6) is 1.74. The molecule has 1 aromatic rings. The van der Waals surface area contributed by atoms with Gasteiger partial charge in [0.2, 0.25) is 0 Å². The maximum atomic E-state index is 9.25. The van der Waals surface area contributed by atoms with Crippen LogP contribution < -0.4 is 10.2 Å². The number of rotatable bonds is 5. The monoisotopic (exact) mass is 224 g/mol. The molecule has 5 heteroatoms. The molecule has 1 aromatic heterocycles. The van der Waals surface area contributed by atoms with Crippen molar-refractivity contribution in [2.24, 2.45) is 0 Å². The smallest absolute Gasteiger partial charge is 0.136 e. The Kier molecular flexibility index (Phi) is 4.49. The minimum absolute atomic E-state index is 0.284. The Morgan fingerprint density at radius 1 is 1.50 bits per heavy atom. The molecular weight excluding hydrogens is 204 g/mol. The minimum Gasteiger partial charge on any atom is -0.393 e. The van der Waals surface area contributed by atoms with Crippen molar-refractivity contribution in [1.29, 1.82) is 0 Å². The average molecular weight is 224 g/mol. The molecule has 16 heavy (non-hydrogen) atoms. The van der Waals surface area contributed by atoms with Gasteiger partial charge in [-0.25, -0.2) is 9.97 Å². The van der Waals surface area contributed by atoms with E-state index in [4.69, 9.17) is 0 Å². The third-order valence-electron chi connectivity index (χ3n) is 2.54. The Balaban J connectivity index is 2.78. The summed E-state index contributed by atoms with van der Waals surface area (Å²) in [6.45, 7) is 4.55. The van der Waals surface area contributed by atoms with Gasteiger partial charge in [-0.3, -0.25) is 0 Å². The Hall–Kier alpha value is -1.36. The lowest BCUT2D eigenvalue weighted by atomic mass is 10.2. The third-order valence-corrected chi connectivity index (χ3v) is 2.54. The third kappa shape index (κ3) is 3.06. The van der Waals surface area contributed by atoms with Crippen molar-refractivity contribution in [2.75, 3.05) is 30.9 Å². The Morgan fingerprint density at radius 2 is 2.19 bits per heavy atom. The van der Waals surface area contributed by atoms with Gasteiger partial charge in [-0.1, -0.05) is 0 Å². The molecule has 1 heterocycles. The maximum Gasteiger partial charge on any atom is 0.136 e. The first-order valence-corrected chi connectivity index (χ1v) is 5.44. The normalized spacial score (nSPS) is 12.3. The van der Waals surface area contributed by atoms with Gasteiger partial charge in [0.25, 0.3) is 0 Å². The molecule has 1 rings (SSSR count). The highest BCUT2D eigenvalue weighted by Crippen LogP contribution is 2.20. The largest absolute Gasteiger partial charge is 0.393 e. The highest BCUT2D eigenvalue weighted by Gasteiger charge is 2.10. The highest BCUT2D eigenvalue weighted by molar-refractivity contribution is 5.57. The predicted molar refractivity (Wildman–Crippen MR) is 65.9 cm³/mol. The zero-order chi connectivity index (χ0) is 12.1. The summed E-state index contributed by atoms with van der Waals surface area (Å²) in [5, 5.41) is 12.3. The molecule has 0 saturated carbocycles. The van der Waals surface area contributed by atoms with E-state index in [0.717, 1.165) is 30.2 Å². The standard InChI is InChI=1S/C11H20N4O/c1-8(16)5-6-15(4)11-9(2)10(12-3)13-7-14-11/h7-8,16H,5-6H2,1-4H3,(H,12,13,14). The van der Waals surface area contributed by atoms with Gasteiger partial charge >= 0.3 is 0 Å². The molecule has 0 aromatic carbocycles. The van der Waals surface area contributed by atoms with Crippen molar-refractivity contribution < 1.29 is 5.11 Å². The van der Waals surface area contributed by atoms with Crippen molar-refractivity contribution in [3.63, 3.8) is 0 Å². The molecule has 0 spiro atoms. The van der Waals surface area contributed by atoms with Gasteiger partial charge in [0, 0.05) is 26.2 Å². The highest BCUT2D eigenvalue weighted by atomic mass is 16.3. The van der Waals surface area contributed by atoms with Crippen LogP contribution >= 0.6 is 0 Å². The van der Waals surface area contributed by atoms with Gasteiger partial charge in [-0.05, 0) is 20.3 Å². The SMILES string of the molecule is CNc1ncnc(N(C)CCC(C)O)c1C. The molecule has 0 amide bonds. The Labute approximate surface area is 96.5 Å². The Bertz CT molecular complexity index is 341. The quantitative estimate of drug-likeness (QED) is 0.782. The summed E-state index contributed by atoms with van der Waals surface area (Å²) in [6, 6.07) is 0. The number of hydrogen-bond donors (Lipinski definition) is 2. The molecule has 0 aliphatic heterocycles. The van der Waals surface area contributed by atoms with Crippen LogP contribution in [0.1, 0.15) is 18.9 Å². The van der Waals surface area contributed by atoms with E-state index in [1.165, 1.54) is 0 Å². The van der Waals surface area contributed by atoms with Gasteiger partial charge in [-0.15, -0.1) is 0 Å². The second-order valence-corrected chi connectivity index (χ2v) is 3.98. The maximum absolute atomic E-state index is 9.25. The topological polar surface area (TPSA) is 61.3 Å². The van der Waals surface area contributed by atoms with Crippen LogP contribution in [0.5, 0.6) is 0 Å². The molecule has 0 aliphatic carbocycles. The van der Waals surface area contributed by atoms with Crippen molar-refractivity contribution in [3.8, 4) is 0 Å². The van der Waals surface area contributed by atoms with Crippen LogP contribution in [0.15, 0.2) is 6.33 Å². The number of aliphatic hydroxyl groups excluding tert-OH is 1. The molecule has 0 saturated heterocycles. The molecule has 5 nitrogen and oxygen atoms in total. The average Bonchev–Trinajstić information content (AvgIpc) is 2.26. The molecule has 2 N–H and O–H groups in total. The van der Waals surface area contributed by atoms with E-state index in [9.17, 15) is 5.11 Å². The molecule has 0 fully saturated rings. The van der Waals surface area contributed by atoms with Crippen molar-refractivity contribution >= 4 is 11.6 Å². The molecule has 1 unspecified atom stereocenters. The van der Waals surface area contributed by atoms with E-state index in [0.29, 0.717) is 0 Å². The molecule has 1 atom stereocenters. The summed E-state index contributed by atoms with van der Waals surface area (Å²) < 4.78 is 0. The lowest BCUT2D eigenvalue weighted by Crippen LogP contribution is -2.24. The van der Waals surface area contributed by atoms with Gasteiger partial charge in [0.15, 0.2) is 0 Å². The first-order chi connectivity index (χ1) is 7.56. The van der Waals surface area contributed by atoms with E-state index in [-0.39, 0.29) is 6.10 Å². The number of hydrogen-bond acceptors (Lipinski definition) is 5. The molecular formula is C11H20N4O. The first kappa shape index (κ1) is 12.7. The van der Waals surface area contributed by atoms with E-state index in [2.05, 4.69) is 15.3 Å². The Morgan fingerprint density at radius 3 is 2.75 bits per heavy atom. The number of nitrogens with one attached hydrogen (secondary N) is 1. The van der Waals surface area contributed by atoms with E-state index in [1.807, 2.05) is 25.9 Å². The van der Waals surface area contributed by atoms with Crippen LogP contribution in [-0.2, 0) is 0 Å². The molecule has 0 aliphatic rings. The van der Waals surface area contributed by atoms with Gasteiger partial charge in [0.05, 0.1) is 6.10 Å². The second kappa shape index (κ2) is 5.65. The molecule has 0 radical (unpaired) electrons. The number of aliphatic hydroxyl groups is 1. The second-order valence-electron chi connectivity index (χ2n) is 3.98. The van der Waals surface area contributed by atoms with E-state index < -0.39 is 0 Å². The lowest BCUT2D eigenvalue weighted by molar-refractivity contribution is 0.187. The van der Waals surface area contributed by atoms with Crippen molar-refractivity contribution in [1.82, 2.24) is 9.97 Å².